The molecule has 3 aromatic rings. The van der Waals surface area contributed by atoms with Crippen LogP contribution in [-0.2, 0) is 6.42 Å². The van der Waals surface area contributed by atoms with E-state index in [1.54, 1.807) is 0 Å². The Morgan fingerprint density at radius 1 is 1.10 bits per heavy atom. The zero-order chi connectivity index (χ0) is 15.0. The van der Waals surface area contributed by atoms with E-state index in [0.717, 1.165) is 27.0 Å². The van der Waals surface area contributed by atoms with E-state index in [9.17, 15) is 0 Å². The summed E-state index contributed by atoms with van der Waals surface area (Å²) in [6, 6.07) is 11.5. The number of nitrogens with zero attached hydrogens (tertiary/aromatic N) is 2. The van der Waals surface area contributed by atoms with E-state index in [0.29, 0.717) is 22.3 Å². The Labute approximate surface area is 145 Å². The minimum atomic E-state index is 0.506. The van der Waals surface area contributed by atoms with Crippen molar-refractivity contribution in [3.8, 4) is 5.69 Å². The first-order chi connectivity index (χ1) is 10.1. The summed E-state index contributed by atoms with van der Waals surface area (Å²) in [5.41, 5.74) is 2.83. The Balaban J connectivity index is 2.27. The first-order valence-electron chi connectivity index (χ1n) is 6.28. The largest absolute Gasteiger partial charge is 0.296 e. The average Bonchev–Trinajstić information content (AvgIpc) is 2.79. The lowest BCUT2D eigenvalue weighted by molar-refractivity contribution is 0.912. The van der Waals surface area contributed by atoms with Crippen LogP contribution in [0.4, 0.5) is 0 Å². The summed E-state index contributed by atoms with van der Waals surface area (Å²) < 4.78 is 2.92. The molecule has 0 spiro atoms. The smallest absolute Gasteiger partial charge is 0.115 e. The maximum Gasteiger partial charge on any atom is 0.115 e. The molecule has 3 rings (SSSR count). The van der Waals surface area contributed by atoms with Gasteiger partial charge in [-0.1, -0.05) is 23.2 Å². The first kappa shape index (κ1) is 15.2. The Morgan fingerprint density at radius 3 is 2.62 bits per heavy atom. The van der Waals surface area contributed by atoms with Crippen LogP contribution < -0.4 is 0 Å². The summed E-state index contributed by atoms with van der Waals surface area (Å²) in [7, 11) is 0. The molecule has 0 unspecified atom stereocenters. The lowest BCUT2D eigenvalue weighted by Gasteiger charge is -2.10. The van der Waals surface area contributed by atoms with Gasteiger partial charge in [0.15, 0.2) is 0 Å². The average molecular weight is 405 g/mol. The molecular weight excluding hydrogens is 394 g/mol. The minimum absolute atomic E-state index is 0.506. The molecule has 108 valence electrons. The number of alkyl halides is 1. The second kappa shape index (κ2) is 6.17. The van der Waals surface area contributed by atoms with E-state index in [2.05, 4.69) is 25.5 Å². The molecule has 21 heavy (non-hydrogen) atoms. The van der Waals surface area contributed by atoms with Gasteiger partial charge in [-0.25, -0.2) is 4.98 Å². The van der Waals surface area contributed by atoms with E-state index in [1.165, 1.54) is 0 Å². The van der Waals surface area contributed by atoms with Crippen LogP contribution in [0.25, 0.3) is 16.7 Å². The summed E-state index contributed by atoms with van der Waals surface area (Å²) in [5.74, 6) is 1.41. The van der Waals surface area contributed by atoms with Gasteiger partial charge in [0, 0.05) is 27.5 Å². The summed E-state index contributed by atoms with van der Waals surface area (Å²) in [5, 5.41) is 1.34. The van der Waals surface area contributed by atoms with Crippen LogP contribution in [-0.4, -0.2) is 15.4 Å². The van der Waals surface area contributed by atoms with Crippen LogP contribution >= 0.6 is 50.7 Å². The summed E-state index contributed by atoms with van der Waals surface area (Å²) >= 11 is 21.5. The first-order valence-corrected chi connectivity index (χ1v) is 8.37. The lowest BCUT2D eigenvalue weighted by atomic mass is 10.2. The van der Waals surface area contributed by atoms with E-state index < -0.39 is 0 Å². The predicted octanol–water partition coefficient (Wildman–Crippen LogP) is 5.88. The van der Waals surface area contributed by atoms with Crippen LogP contribution in [0.15, 0.2) is 40.9 Å². The third-order valence-corrected chi connectivity index (χ3v) is 4.80. The van der Waals surface area contributed by atoms with Crippen LogP contribution in [0.3, 0.4) is 0 Å². The Morgan fingerprint density at radius 2 is 1.90 bits per heavy atom. The molecule has 0 fully saturated rings. The van der Waals surface area contributed by atoms with Crippen LogP contribution in [0.2, 0.25) is 10.0 Å². The van der Waals surface area contributed by atoms with Gasteiger partial charge in [0.1, 0.15) is 5.82 Å². The van der Waals surface area contributed by atoms with Gasteiger partial charge in [-0.3, -0.25) is 4.57 Å². The number of imidazole rings is 1. The number of hydrogen-bond acceptors (Lipinski definition) is 1. The molecule has 0 aliphatic carbocycles. The van der Waals surface area contributed by atoms with Crippen molar-refractivity contribution in [1.29, 1.82) is 0 Å². The highest BCUT2D eigenvalue weighted by atomic mass is 79.9. The fraction of sp³-hybridized carbons (Fsp3) is 0.133. The Kier molecular flexibility index (Phi) is 4.46. The van der Waals surface area contributed by atoms with Crippen molar-refractivity contribution in [2.45, 2.75) is 6.42 Å². The topological polar surface area (TPSA) is 17.8 Å². The SMILES string of the molecule is ClCCc1nc2cc(Cl)ccc2n1-c1ccc(Cl)c(Br)c1. The second-order valence-electron chi connectivity index (χ2n) is 4.53. The maximum absolute atomic E-state index is 6.07. The number of rotatable bonds is 3. The normalized spacial score (nSPS) is 11.2. The third kappa shape index (κ3) is 2.93. The Hall–Kier alpha value is -0.740. The van der Waals surface area contributed by atoms with Crippen molar-refractivity contribution in [2.75, 3.05) is 5.88 Å². The predicted molar refractivity (Wildman–Crippen MR) is 93.2 cm³/mol. The zero-order valence-corrected chi connectivity index (χ0v) is 14.6. The van der Waals surface area contributed by atoms with Gasteiger partial charge < -0.3 is 0 Å². The van der Waals surface area contributed by atoms with E-state index in [4.69, 9.17) is 34.8 Å². The van der Waals surface area contributed by atoms with Crippen LogP contribution in [0.5, 0.6) is 0 Å². The minimum Gasteiger partial charge on any atom is -0.296 e. The molecule has 0 aliphatic heterocycles. The van der Waals surface area contributed by atoms with Crippen LogP contribution in [0.1, 0.15) is 5.82 Å². The second-order valence-corrected chi connectivity index (χ2v) is 6.61. The van der Waals surface area contributed by atoms with E-state index >= 15 is 0 Å². The van der Waals surface area contributed by atoms with Gasteiger partial charge in [-0.2, -0.15) is 0 Å². The fourth-order valence-corrected chi connectivity index (χ4v) is 3.09. The van der Waals surface area contributed by atoms with Crippen molar-refractivity contribution in [1.82, 2.24) is 9.55 Å². The molecular formula is C15H10BrCl3N2. The fourth-order valence-electron chi connectivity index (χ4n) is 2.27. The van der Waals surface area contributed by atoms with Gasteiger partial charge in [0.2, 0.25) is 0 Å². The van der Waals surface area contributed by atoms with Crippen molar-refractivity contribution in [2.24, 2.45) is 0 Å². The standard InChI is InChI=1S/C15H10BrCl3N2/c16-11-8-10(2-3-12(11)19)21-14-4-1-9(18)7-13(14)20-15(21)5-6-17/h1-4,7-8H,5-6H2. The molecule has 0 radical (unpaired) electrons. The number of benzene rings is 2. The number of aryl methyl sites for hydroxylation is 1. The van der Waals surface area contributed by atoms with Gasteiger partial charge in [0.25, 0.3) is 0 Å². The Bertz CT molecular complexity index is 814. The van der Waals surface area contributed by atoms with Gasteiger partial charge in [0.05, 0.1) is 16.1 Å². The molecule has 2 nitrogen and oxygen atoms in total. The summed E-state index contributed by atoms with van der Waals surface area (Å²) in [6.07, 6.45) is 0.675. The monoisotopic (exact) mass is 402 g/mol. The maximum atomic E-state index is 6.07. The third-order valence-electron chi connectivity index (χ3n) is 3.17. The van der Waals surface area contributed by atoms with E-state index in [-0.39, 0.29) is 0 Å². The number of halogens is 4. The molecule has 2 aromatic carbocycles. The molecule has 0 bridgehead atoms. The van der Waals surface area contributed by atoms with Gasteiger partial charge in [-0.05, 0) is 52.3 Å². The molecule has 0 aliphatic rings. The zero-order valence-electron chi connectivity index (χ0n) is 10.8. The molecule has 1 heterocycles. The van der Waals surface area contributed by atoms with Crippen LogP contribution in [0, 0.1) is 0 Å². The van der Waals surface area contributed by atoms with Crippen molar-refractivity contribution >= 4 is 61.8 Å². The molecule has 0 saturated heterocycles. The highest BCUT2D eigenvalue weighted by Gasteiger charge is 2.13. The quantitative estimate of drug-likeness (QED) is 0.499. The van der Waals surface area contributed by atoms with E-state index in [1.807, 2.05) is 36.4 Å². The van der Waals surface area contributed by atoms with Gasteiger partial charge in [-0.15, -0.1) is 11.6 Å². The molecule has 6 heteroatoms. The highest BCUT2D eigenvalue weighted by Crippen LogP contribution is 2.29. The molecule has 0 atom stereocenters. The van der Waals surface area contributed by atoms with Gasteiger partial charge >= 0.3 is 0 Å². The summed E-state index contributed by atoms with van der Waals surface area (Å²) in [6.45, 7) is 0. The van der Waals surface area contributed by atoms with Crippen molar-refractivity contribution < 1.29 is 0 Å². The number of fused-ring (bicyclic) bond motifs is 1. The molecule has 0 N–H and O–H groups in total. The summed E-state index contributed by atoms with van der Waals surface area (Å²) in [4.78, 5) is 4.64. The molecule has 0 amide bonds. The van der Waals surface area contributed by atoms with Crippen molar-refractivity contribution in [3.63, 3.8) is 0 Å². The highest BCUT2D eigenvalue weighted by molar-refractivity contribution is 9.10. The van der Waals surface area contributed by atoms with Crippen molar-refractivity contribution in [3.05, 3.63) is 56.7 Å². The lowest BCUT2D eigenvalue weighted by Crippen LogP contribution is -2.02. The number of hydrogen-bond donors (Lipinski definition) is 0. The molecule has 0 saturated carbocycles. The molecule has 1 aromatic heterocycles. The number of aromatic nitrogens is 2.